The van der Waals surface area contributed by atoms with E-state index in [2.05, 4.69) is 44.1 Å². The summed E-state index contributed by atoms with van der Waals surface area (Å²) in [6.45, 7) is 1.52. The lowest BCUT2D eigenvalue weighted by atomic mass is 9.73. The van der Waals surface area contributed by atoms with E-state index in [9.17, 15) is 4.79 Å². The molecule has 0 bridgehead atoms. The lowest BCUT2D eigenvalue weighted by Gasteiger charge is -2.42. The zero-order chi connectivity index (χ0) is 21.6. The van der Waals surface area contributed by atoms with E-state index in [4.69, 9.17) is 28.9 Å². The number of rotatable bonds is 3. The van der Waals surface area contributed by atoms with Crippen LogP contribution in [0.5, 0.6) is 0 Å². The van der Waals surface area contributed by atoms with Crippen molar-refractivity contribution in [2.75, 3.05) is 18.0 Å². The summed E-state index contributed by atoms with van der Waals surface area (Å²) in [6, 6.07) is 10.3. The van der Waals surface area contributed by atoms with Crippen LogP contribution in [0.15, 0.2) is 57.4 Å². The number of hydrogen-bond donors (Lipinski definition) is 2. The molecule has 1 saturated heterocycles. The van der Waals surface area contributed by atoms with Crippen LogP contribution in [0.2, 0.25) is 10.2 Å². The zero-order valence-corrected chi connectivity index (χ0v) is 19.0. The van der Waals surface area contributed by atoms with E-state index in [1.165, 1.54) is 22.9 Å². The number of piperidine rings is 1. The van der Waals surface area contributed by atoms with Gasteiger partial charge < -0.3 is 15.6 Å². The molecular formula is C22H21Cl2N5OS. The first kappa shape index (κ1) is 20.8. The summed E-state index contributed by atoms with van der Waals surface area (Å²) in [6.07, 6.45) is 6.11. The fourth-order valence-electron chi connectivity index (χ4n) is 4.72. The highest BCUT2D eigenvalue weighted by Crippen LogP contribution is 2.50. The summed E-state index contributed by atoms with van der Waals surface area (Å²) in [5, 5.41) is 1.18. The van der Waals surface area contributed by atoms with Gasteiger partial charge in [0.15, 0.2) is 5.82 Å². The second-order valence-electron chi connectivity index (χ2n) is 8.12. The van der Waals surface area contributed by atoms with Crippen molar-refractivity contribution in [1.82, 2.24) is 15.0 Å². The lowest BCUT2D eigenvalue weighted by molar-refractivity contribution is 0.187. The van der Waals surface area contributed by atoms with Crippen LogP contribution in [-0.2, 0) is 6.42 Å². The molecule has 31 heavy (non-hydrogen) atoms. The summed E-state index contributed by atoms with van der Waals surface area (Å²) < 4.78 is 0. The molecule has 1 aliphatic carbocycles. The van der Waals surface area contributed by atoms with E-state index in [0.717, 1.165) is 32.4 Å². The number of benzene rings is 1. The number of fused-ring (bicyclic) bond motifs is 1. The van der Waals surface area contributed by atoms with Crippen molar-refractivity contribution >= 4 is 40.8 Å². The largest absolute Gasteiger partial charge is 0.352 e. The van der Waals surface area contributed by atoms with Gasteiger partial charge in [-0.15, -0.1) is 0 Å². The number of nitrogens with two attached hydrogens (primary N) is 1. The summed E-state index contributed by atoms with van der Waals surface area (Å²) in [7, 11) is 0. The Morgan fingerprint density at radius 3 is 2.68 bits per heavy atom. The van der Waals surface area contributed by atoms with E-state index in [1.807, 2.05) is 0 Å². The Kier molecular flexibility index (Phi) is 5.46. The lowest BCUT2D eigenvalue weighted by Crippen LogP contribution is -2.46. The van der Waals surface area contributed by atoms with Crippen molar-refractivity contribution in [2.24, 2.45) is 11.1 Å². The third-order valence-corrected chi connectivity index (χ3v) is 8.29. The molecule has 9 heteroatoms. The van der Waals surface area contributed by atoms with Gasteiger partial charge in [-0.25, -0.2) is 9.97 Å². The van der Waals surface area contributed by atoms with Gasteiger partial charge in [0.05, 0.1) is 16.2 Å². The van der Waals surface area contributed by atoms with Gasteiger partial charge in [0, 0.05) is 30.2 Å². The summed E-state index contributed by atoms with van der Waals surface area (Å²) in [5.41, 5.74) is 9.14. The van der Waals surface area contributed by atoms with Crippen LogP contribution in [0.3, 0.4) is 0 Å². The third-order valence-electron chi connectivity index (χ3n) is 6.43. The first-order chi connectivity index (χ1) is 15.0. The number of nitrogens with one attached hydrogen (secondary N) is 1. The number of H-pyrrole nitrogens is 1. The maximum atomic E-state index is 12.8. The molecule has 5 rings (SSSR count). The Morgan fingerprint density at radius 1 is 1.16 bits per heavy atom. The number of pyridine rings is 1. The van der Waals surface area contributed by atoms with Crippen molar-refractivity contribution in [1.29, 1.82) is 0 Å². The Bertz CT molecular complexity index is 1190. The van der Waals surface area contributed by atoms with Crippen molar-refractivity contribution in [3.05, 3.63) is 74.4 Å². The average Bonchev–Trinajstić information content (AvgIpc) is 3.04. The number of aromatic amines is 1. The van der Waals surface area contributed by atoms with Crippen molar-refractivity contribution in [2.45, 2.75) is 35.2 Å². The number of halogens is 2. The molecule has 0 saturated carbocycles. The molecule has 3 N–H and O–H groups in total. The fraction of sp³-hybridized carbons (Fsp3) is 0.318. The van der Waals surface area contributed by atoms with Crippen LogP contribution in [-0.4, -0.2) is 28.0 Å². The van der Waals surface area contributed by atoms with Crippen LogP contribution >= 0.6 is 35.0 Å². The molecule has 3 heterocycles. The van der Waals surface area contributed by atoms with E-state index in [-0.39, 0.29) is 22.2 Å². The molecule has 1 aromatic carbocycles. The normalized spacial score (nSPS) is 19.6. The molecule has 0 unspecified atom stereocenters. The first-order valence-electron chi connectivity index (χ1n) is 10.1. The van der Waals surface area contributed by atoms with Crippen LogP contribution in [0.4, 0.5) is 5.82 Å². The monoisotopic (exact) mass is 473 g/mol. The standard InChI is InChI=1S/C22H21Cl2N5OS/c23-17-15(5-8-26-19(17)24)31-16-12-27-20(21(30)28-16)29-9-6-22(7-10-29)11-13-3-1-2-4-14(13)18(22)25/h1-5,8,12,18H,6-7,9-11,25H2,(H,28,30)/t18-/m1/s1. The van der Waals surface area contributed by atoms with Gasteiger partial charge in [0.25, 0.3) is 5.56 Å². The van der Waals surface area contributed by atoms with Crippen LogP contribution in [0.25, 0.3) is 0 Å². The Morgan fingerprint density at radius 2 is 1.94 bits per heavy atom. The van der Waals surface area contributed by atoms with Gasteiger partial charge >= 0.3 is 0 Å². The van der Waals surface area contributed by atoms with Gasteiger partial charge in [-0.3, -0.25) is 4.79 Å². The summed E-state index contributed by atoms with van der Waals surface area (Å²) in [4.78, 5) is 26.8. The number of anilines is 1. The highest BCUT2D eigenvalue weighted by molar-refractivity contribution is 7.99. The molecule has 2 aromatic heterocycles. The second-order valence-corrected chi connectivity index (χ2v) is 9.94. The molecule has 6 nitrogen and oxygen atoms in total. The van der Waals surface area contributed by atoms with E-state index >= 15 is 0 Å². The molecule has 0 amide bonds. The van der Waals surface area contributed by atoms with Crippen LogP contribution in [0.1, 0.15) is 30.0 Å². The third kappa shape index (κ3) is 3.74. The maximum absolute atomic E-state index is 12.8. The molecule has 2 aliphatic rings. The predicted octanol–water partition coefficient (Wildman–Crippen LogP) is 4.47. The average molecular weight is 474 g/mol. The topological polar surface area (TPSA) is 87.9 Å². The van der Waals surface area contributed by atoms with E-state index < -0.39 is 0 Å². The van der Waals surface area contributed by atoms with Crippen molar-refractivity contribution < 1.29 is 0 Å². The van der Waals surface area contributed by atoms with Gasteiger partial charge in [-0.05, 0) is 41.9 Å². The maximum Gasteiger partial charge on any atom is 0.291 e. The van der Waals surface area contributed by atoms with E-state index in [1.54, 1.807) is 18.5 Å². The zero-order valence-electron chi connectivity index (χ0n) is 16.6. The minimum atomic E-state index is -0.212. The quantitative estimate of drug-likeness (QED) is 0.545. The summed E-state index contributed by atoms with van der Waals surface area (Å²) in [5.74, 6) is 0.446. The van der Waals surface area contributed by atoms with E-state index in [0.29, 0.717) is 20.8 Å². The molecule has 1 atom stereocenters. The molecule has 1 aliphatic heterocycles. The van der Waals surface area contributed by atoms with Crippen LogP contribution < -0.4 is 16.2 Å². The van der Waals surface area contributed by atoms with Gasteiger partial charge in [-0.2, -0.15) is 0 Å². The highest BCUT2D eigenvalue weighted by Gasteiger charge is 2.46. The Labute approximate surface area is 194 Å². The molecule has 1 fully saturated rings. The SMILES string of the molecule is N[C@@H]1c2ccccc2CC12CCN(c1ncc(Sc3ccnc(Cl)c3Cl)[nH]c1=O)CC2. The first-order valence-corrected chi connectivity index (χ1v) is 11.7. The molecule has 0 radical (unpaired) electrons. The van der Waals surface area contributed by atoms with Crippen molar-refractivity contribution in [3.63, 3.8) is 0 Å². The molecule has 3 aromatic rings. The number of hydrogen-bond acceptors (Lipinski definition) is 6. The predicted molar refractivity (Wildman–Crippen MR) is 124 cm³/mol. The van der Waals surface area contributed by atoms with Gasteiger partial charge in [-0.1, -0.05) is 59.2 Å². The second kappa shape index (κ2) is 8.13. The smallest absolute Gasteiger partial charge is 0.291 e. The fourth-order valence-corrected chi connectivity index (χ4v) is 5.97. The van der Waals surface area contributed by atoms with Crippen LogP contribution in [0, 0.1) is 5.41 Å². The Hall–Kier alpha value is -2.06. The van der Waals surface area contributed by atoms with Crippen molar-refractivity contribution in [3.8, 4) is 0 Å². The summed E-state index contributed by atoms with van der Waals surface area (Å²) >= 11 is 13.5. The minimum Gasteiger partial charge on any atom is -0.352 e. The molecular weight excluding hydrogens is 453 g/mol. The number of aromatic nitrogens is 3. The van der Waals surface area contributed by atoms with Gasteiger partial charge in [0.2, 0.25) is 0 Å². The Balaban J connectivity index is 1.30. The minimum absolute atomic E-state index is 0.0489. The van der Waals surface area contributed by atoms with Gasteiger partial charge in [0.1, 0.15) is 5.15 Å². The highest BCUT2D eigenvalue weighted by atomic mass is 35.5. The molecule has 160 valence electrons. The number of nitrogens with zero attached hydrogens (tertiary/aromatic N) is 3. The molecule has 1 spiro atoms.